The number of amides is 2. The van der Waals surface area contributed by atoms with E-state index < -0.39 is 5.97 Å². The highest BCUT2D eigenvalue weighted by molar-refractivity contribution is 7.99. The topological polar surface area (TPSA) is 78.9 Å². The van der Waals surface area contributed by atoms with Gasteiger partial charge in [0.1, 0.15) is 6.54 Å². The summed E-state index contributed by atoms with van der Waals surface area (Å²) in [6.07, 6.45) is 3.19. The number of hydrogen-bond acceptors (Lipinski definition) is 4. The molecule has 0 aromatic rings. The van der Waals surface area contributed by atoms with Gasteiger partial charge in [-0.2, -0.15) is 11.8 Å². The van der Waals surface area contributed by atoms with Gasteiger partial charge in [0.2, 0.25) is 0 Å². The van der Waals surface area contributed by atoms with E-state index in [-0.39, 0.29) is 25.2 Å². The van der Waals surface area contributed by atoms with Crippen LogP contribution in [0.2, 0.25) is 0 Å². The second-order valence-electron chi connectivity index (χ2n) is 4.79. The van der Waals surface area contributed by atoms with Crippen molar-refractivity contribution in [3.8, 4) is 0 Å². The van der Waals surface area contributed by atoms with Crippen LogP contribution in [0.25, 0.3) is 0 Å². The van der Waals surface area contributed by atoms with Crippen LogP contribution < -0.4 is 5.32 Å². The van der Waals surface area contributed by atoms with Crippen LogP contribution in [0, 0.1) is 0 Å². The molecule has 0 aromatic heterocycles. The molecule has 116 valence electrons. The average molecular weight is 304 g/mol. The van der Waals surface area contributed by atoms with Gasteiger partial charge in [-0.15, -0.1) is 0 Å². The Morgan fingerprint density at radius 2 is 2.20 bits per heavy atom. The third-order valence-corrected chi connectivity index (χ3v) is 4.65. The predicted octanol–water partition coefficient (Wildman–Crippen LogP) is 1.40. The lowest BCUT2D eigenvalue weighted by Gasteiger charge is -2.26. The first-order valence-electron chi connectivity index (χ1n) is 6.96. The van der Waals surface area contributed by atoms with Gasteiger partial charge in [0.05, 0.1) is 6.61 Å². The van der Waals surface area contributed by atoms with Crippen molar-refractivity contribution in [3.05, 3.63) is 0 Å². The molecule has 0 spiro atoms. The number of nitrogens with one attached hydrogen (secondary N) is 1. The summed E-state index contributed by atoms with van der Waals surface area (Å²) in [5, 5.41) is 12.3. The molecule has 1 fully saturated rings. The molecule has 2 N–H and O–H groups in total. The van der Waals surface area contributed by atoms with Crippen molar-refractivity contribution < 1.29 is 19.4 Å². The molecule has 1 aliphatic rings. The second kappa shape index (κ2) is 9.07. The lowest BCUT2D eigenvalue weighted by molar-refractivity contribution is -0.137. The molecule has 0 saturated heterocycles. The standard InChI is InChI=1S/C13H24N2O4S/c1-3-20-11-6-4-5-10(11)14-13(18)15(7-8-19-2)9-12(16)17/h10-11H,3-9H2,1-2H3,(H,14,18)(H,16,17). The Bertz CT molecular complexity index is 327. The number of carboxylic acids is 1. The Kier molecular flexibility index (Phi) is 7.76. The molecule has 1 aliphatic carbocycles. The molecule has 6 nitrogen and oxygen atoms in total. The molecular weight excluding hydrogens is 280 g/mol. The van der Waals surface area contributed by atoms with Gasteiger partial charge < -0.3 is 20.1 Å². The molecule has 2 unspecified atom stereocenters. The first-order chi connectivity index (χ1) is 9.58. The summed E-state index contributed by atoms with van der Waals surface area (Å²) in [7, 11) is 1.53. The summed E-state index contributed by atoms with van der Waals surface area (Å²) >= 11 is 1.86. The molecule has 1 rings (SSSR count). The molecule has 2 amide bonds. The first-order valence-corrected chi connectivity index (χ1v) is 8.01. The van der Waals surface area contributed by atoms with Crippen molar-refractivity contribution in [1.29, 1.82) is 0 Å². The van der Waals surface area contributed by atoms with Gasteiger partial charge in [0, 0.05) is 24.9 Å². The van der Waals surface area contributed by atoms with Gasteiger partial charge in [-0.05, 0) is 18.6 Å². The zero-order chi connectivity index (χ0) is 15.0. The van der Waals surface area contributed by atoms with Crippen LogP contribution in [-0.2, 0) is 9.53 Å². The molecule has 1 saturated carbocycles. The molecule has 0 radical (unpaired) electrons. The highest BCUT2D eigenvalue weighted by Crippen LogP contribution is 2.29. The Balaban J connectivity index is 2.53. The van der Waals surface area contributed by atoms with Crippen LogP contribution in [0.5, 0.6) is 0 Å². The number of carbonyl (C=O) groups excluding carboxylic acids is 1. The maximum atomic E-state index is 12.2. The maximum Gasteiger partial charge on any atom is 0.323 e. The fourth-order valence-corrected chi connectivity index (χ4v) is 3.57. The molecule has 2 atom stereocenters. The van der Waals surface area contributed by atoms with Gasteiger partial charge >= 0.3 is 12.0 Å². The largest absolute Gasteiger partial charge is 0.480 e. The van der Waals surface area contributed by atoms with Crippen molar-refractivity contribution in [2.75, 3.05) is 32.6 Å². The Morgan fingerprint density at radius 1 is 1.45 bits per heavy atom. The molecule has 7 heteroatoms. The van der Waals surface area contributed by atoms with Crippen LogP contribution in [-0.4, -0.2) is 65.9 Å². The van der Waals surface area contributed by atoms with Crippen LogP contribution in [0.3, 0.4) is 0 Å². The molecule has 0 bridgehead atoms. The van der Waals surface area contributed by atoms with E-state index in [4.69, 9.17) is 9.84 Å². The minimum Gasteiger partial charge on any atom is -0.480 e. The number of carbonyl (C=O) groups is 2. The zero-order valence-corrected chi connectivity index (χ0v) is 12.9. The number of nitrogens with zero attached hydrogens (tertiary/aromatic N) is 1. The number of hydrogen-bond donors (Lipinski definition) is 2. The fraction of sp³-hybridized carbons (Fsp3) is 0.846. The van der Waals surface area contributed by atoms with E-state index in [0.29, 0.717) is 11.9 Å². The van der Waals surface area contributed by atoms with E-state index in [1.165, 1.54) is 12.0 Å². The minimum absolute atomic E-state index is 0.145. The van der Waals surface area contributed by atoms with Crippen molar-refractivity contribution in [3.63, 3.8) is 0 Å². The van der Waals surface area contributed by atoms with Crippen molar-refractivity contribution in [1.82, 2.24) is 10.2 Å². The predicted molar refractivity (Wildman–Crippen MR) is 79.2 cm³/mol. The number of rotatable bonds is 8. The van der Waals surface area contributed by atoms with Gasteiger partial charge in [-0.25, -0.2) is 4.79 Å². The summed E-state index contributed by atoms with van der Waals surface area (Å²) in [5.41, 5.74) is 0. The lowest BCUT2D eigenvalue weighted by atomic mass is 10.2. The smallest absolute Gasteiger partial charge is 0.323 e. The van der Waals surface area contributed by atoms with E-state index in [2.05, 4.69) is 12.2 Å². The average Bonchev–Trinajstić information content (AvgIpc) is 2.82. The third-order valence-electron chi connectivity index (χ3n) is 3.32. The van der Waals surface area contributed by atoms with E-state index in [1.54, 1.807) is 0 Å². The number of carboxylic acid groups (broad SMARTS) is 1. The lowest BCUT2D eigenvalue weighted by Crippen LogP contribution is -2.49. The highest BCUT2D eigenvalue weighted by atomic mass is 32.2. The third kappa shape index (κ3) is 5.58. The van der Waals surface area contributed by atoms with E-state index >= 15 is 0 Å². The molecule has 0 heterocycles. The Labute approximate surface area is 124 Å². The van der Waals surface area contributed by atoms with E-state index in [1.807, 2.05) is 11.8 Å². The molecule has 0 aliphatic heterocycles. The Hall–Kier alpha value is -0.950. The summed E-state index contributed by atoms with van der Waals surface area (Å²) < 4.78 is 4.92. The molecule has 0 aromatic carbocycles. The number of methoxy groups -OCH3 is 1. The van der Waals surface area contributed by atoms with Crippen molar-refractivity contribution in [2.24, 2.45) is 0 Å². The summed E-state index contributed by atoms with van der Waals surface area (Å²) in [5.74, 6) is 0.0154. The zero-order valence-electron chi connectivity index (χ0n) is 12.1. The summed E-state index contributed by atoms with van der Waals surface area (Å²) in [6, 6.07) is -0.163. The van der Waals surface area contributed by atoms with E-state index in [0.717, 1.165) is 25.0 Å². The van der Waals surface area contributed by atoms with Crippen LogP contribution in [0.15, 0.2) is 0 Å². The second-order valence-corrected chi connectivity index (χ2v) is 6.30. The minimum atomic E-state index is -1.01. The number of ether oxygens (including phenoxy) is 1. The molecular formula is C13H24N2O4S. The SMILES string of the molecule is CCSC1CCCC1NC(=O)N(CCOC)CC(=O)O. The fourth-order valence-electron chi connectivity index (χ4n) is 2.37. The van der Waals surface area contributed by atoms with Crippen LogP contribution in [0.1, 0.15) is 26.2 Å². The summed E-state index contributed by atoms with van der Waals surface area (Å²) in [4.78, 5) is 24.3. The molecule has 20 heavy (non-hydrogen) atoms. The van der Waals surface area contributed by atoms with Crippen molar-refractivity contribution in [2.45, 2.75) is 37.5 Å². The number of aliphatic carboxylic acids is 1. The van der Waals surface area contributed by atoms with Gasteiger partial charge in [-0.1, -0.05) is 13.3 Å². The summed E-state index contributed by atoms with van der Waals surface area (Å²) in [6.45, 7) is 2.43. The van der Waals surface area contributed by atoms with Crippen molar-refractivity contribution >= 4 is 23.8 Å². The number of urea groups is 1. The maximum absolute atomic E-state index is 12.2. The normalized spacial score (nSPS) is 21.7. The number of thioether (sulfide) groups is 1. The van der Waals surface area contributed by atoms with E-state index in [9.17, 15) is 9.59 Å². The highest BCUT2D eigenvalue weighted by Gasteiger charge is 2.30. The van der Waals surface area contributed by atoms with Crippen LogP contribution >= 0.6 is 11.8 Å². The quantitative estimate of drug-likeness (QED) is 0.709. The van der Waals surface area contributed by atoms with Gasteiger partial charge in [0.25, 0.3) is 0 Å². The van der Waals surface area contributed by atoms with Gasteiger partial charge in [0.15, 0.2) is 0 Å². The monoisotopic (exact) mass is 304 g/mol. The Morgan fingerprint density at radius 3 is 2.80 bits per heavy atom. The van der Waals surface area contributed by atoms with Crippen LogP contribution in [0.4, 0.5) is 4.79 Å². The first kappa shape index (κ1) is 17.1. The van der Waals surface area contributed by atoms with Gasteiger partial charge in [-0.3, -0.25) is 4.79 Å².